The van der Waals surface area contributed by atoms with E-state index < -0.39 is 67.4 Å². The highest BCUT2D eigenvalue weighted by Gasteiger charge is 2.47. The number of carbonyl (C=O) groups excluding carboxylic acids is 2. The Bertz CT molecular complexity index is 1410. The molecular formula is C70H133NO10. The summed E-state index contributed by atoms with van der Waals surface area (Å²) in [5, 5.41) is 57.1. The van der Waals surface area contributed by atoms with Crippen molar-refractivity contribution in [2.24, 2.45) is 0 Å². The van der Waals surface area contributed by atoms with Crippen LogP contribution in [0.2, 0.25) is 0 Å². The molecule has 0 saturated carbocycles. The maximum atomic E-state index is 13.4. The number of hydrogen-bond acceptors (Lipinski definition) is 10. The molecule has 0 spiro atoms. The average Bonchev–Trinajstić information content (AvgIpc) is 3.50. The minimum absolute atomic E-state index is 0.130. The van der Waals surface area contributed by atoms with Crippen molar-refractivity contribution in [2.75, 3.05) is 13.2 Å². The molecule has 6 N–H and O–H groups in total. The molecule has 1 aliphatic rings. The molecule has 0 radical (unpaired) electrons. The summed E-state index contributed by atoms with van der Waals surface area (Å²) in [5.41, 5.74) is 0. The van der Waals surface area contributed by atoms with Gasteiger partial charge in [0.2, 0.25) is 5.91 Å². The number of aliphatic hydroxyl groups is 5. The maximum absolute atomic E-state index is 13.4. The van der Waals surface area contributed by atoms with Crippen LogP contribution >= 0.6 is 0 Å². The normalized spacial score (nSPS) is 18.7. The van der Waals surface area contributed by atoms with E-state index in [2.05, 4.69) is 38.2 Å². The van der Waals surface area contributed by atoms with Gasteiger partial charge in [-0.05, 0) is 51.4 Å². The Balaban J connectivity index is 2.51. The minimum atomic E-state index is -1.61. The first-order chi connectivity index (χ1) is 39.7. The Morgan fingerprint density at radius 1 is 0.469 bits per heavy atom. The fourth-order valence-electron chi connectivity index (χ4n) is 11.3. The third-order valence-electron chi connectivity index (χ3n) is 16.9. The molecule has 0 aromatic heterocycles. The van der Waals surface area contributed by atoms with Crippen molar-refractivity contribution in [2.45, 2.75) is 397 Å². The van der Waals surface area contributed by atoms with E-state index >= 15 is 0 Å². The van der Waals surface area contributed by atoms with Gasteiger partial charge in [-0.2, -0.15) is 0 Å². The summed E-state index contributed by atoms with van der Waals surface area (Å²) in [6.07, 6.45) is 59.5. The molecule has 11 nitrogen and oxygen atoms in total. The van der Waals surface area contributed by atoms with Crippen LogP contribution in [0.15, 0.2) is 24.3 Å². The first-order valence-corrected chi connectivity index (χ1v) is 35.1. The SMILES string of the molecule is CCCCCCCC/C=C/CCCCCCCCCCCCCCCCCCCC(=O)OC1C(OCC(NC(=O)C(O)CCCCCCCCCCCCCC)C(O)/C=C/CCCCCCCCCCCCC)OC(CO)C(O)C1O. The molecule has 478 valence electrons. The molecule has 1 saturated heterocycles. The first kappa shape index (κ1) is 77.2. The van der Waals surface area contributed by atoms with Crippen LogP contribution in [0.25, 0.3) is 0 Å². The number of rotatable bonds is 61. The summed E-state index contributed by atoms with van der Waals surface area (Å²) < 4.78 is 17.7. The van der Waals surface area contributed by atoms with Crippen molar-refractivity contribution in [1.82, 2.24) is 5.32 Å². The molecule has 81 heavy (non-hydrogen) atoms. The quantitative estimate of drug-likeness (QED) is 0.0195. The van der Waals surface area contributed by atoms with Crippen molar-refractivity contribution in [1.29, 1.82) is 0 Å². The number of unbranched alkanes of at least 4 members (excludes halogenated alkanes) is 45. The van der Waals surface area contributed by atoms with Crippen LogP contribution < -0.4 is 5.32 Å². The summed E-state index contributed by atoms with van der Waals surface area (Å²) in [4.78, 5) is 26.6. The van der Waals surface area contributed by atoms with Gasteiger partial charge in [0.05, 0.1) is 25.4 Å². The van der Waals surface area contributed by atoms with Gasteiger partial charge in [-0.25, -0.2) is 0 Å². The maximum Gasteiger partial charge on any atom is 0.306 e. The number of amides is 1. The van der Waals surface area contributed by atoms with Gasteiger partial charge in [0.25, 0.3) is 0 Å². The molecule has 8 unspecified atom stereocenters. The standard InChI is InChI=1S/C70H133NO10/c1-4-7-10-13-16-19-22-25-26-27-28-29-30-31-32-33-34-35-36-37-38-40-43-46-49-52-55-58-65(75)81-68-67(77)66(76)64(59-72)80-70(68)79-60-61(62(73)56-53-50-47-44-42-39-23-20-17-14-11-8-5-2)71-69(78)63(74)57-54-51-48-45-41-24-21-18-15-12-9-6-3/h25-26,53,56,61-64,66-68,70,72-74,76-77H,4-24,27-52,54-55,57-60H2,1-3H3,(H,71,78)/b26-25+,56-53+. The van der Waals surface area contributed by atoms with E-state index in [1.165, 1.54) is 244 Å². The molecule has 0 aromatic rings. The zero-order valence-electron chi connectivity index (χ0n) is 53.2. The Kier molecular flexibility index (Phi) is 55.7. The van der Waals surface area contributed by atoms with Crippen LogP contribution in [0.5, 0.6) is 0 Å². The van der Waals surface area contributed by atoms with Crippen LogP contribution in [0, 0.1) is 0 Å². The highest BCUT2D eigenvalue weighted by Crippen LogP contribution is 2.26. The number of carbonyl (C=O) groups is 2. The van der Waals surface area contributed by atoms with Crippen LogP contribution in [-0.4, -0.2) is 99.6 Å². The molecule has 11 heteroatoms. The van der Waals surface area contributed by atoms with E-state index in [-0.39, 0.29) is 13.0 Å². The lowest BCUT2D eigenvalue weighted by Gasteiger charge is -2.41. The third-order valence-corrected chi connectivity index (χ3v) is 16.9. The van der Waals surface area contributed by atoms with E-state index in [4.69, 9.17) is 14.2 Å². The number of esters is 1. The van der Waals surface area contributed by atoms with Gasteiger partial charge in [0, 0.05) is 6.42 Å². The van der Waals surface area contributed by atoms with E-state index in [1.54, 1.807) is 6.08 Å². The van der Waals surface area contributed by atoms with Crippen LogP contribution in [-0.2, 0) is 23.8 Å². The molecule has 1 heterocycles. The zero-order valence-corrected chi connectivity index (χ0v) is 53.2. The van der Waals surface area contributed by atoms with Crippen LogP contribution in [0.1, 0.15) is 348 Å². The molecule has 1 rings (SSSR count). The van der Waals surface area contributed by atoms with E-state index in [1.807, 2.05) is 6.08 Å². The van der Waals surface area contributed by atoms with Crippen molar-refractivity contribution in [3.05, 3.63) is 24.3 Å². The first-order valence-electron chi connectivity index (χ1n) is 35.1. The second-order valence-corrected chi connectivity index (χ2v) is 24.6. The number of allylic oxidation sites excluding steroid dienone is 3. The molecular weight excluding hydrogens is 1010 g/mol. The van der Waals surface area contributed by atoms with Crippen molar-refractivity contribution in [3.8, 4) is 0 Å². The summed E-state index contributed by atoms with van der Waals surface area (Å²) in [7, 11) is 0. The van der Waals surface area contributed by atoms with Crippen LogP contribution in [0.3, 0.4) is 0 Å². The molecule has 0 aliphatic carbocycles. The molecule has 8 atom stereocenters. The molecule has 0 aromatic carbocycles. The number of ether oxygens (including phenoxy) is 3. The lowest BCUT2D eigenvalue weighted by molar-refractivity contribution is -0.305. The van der Waals surface area contributed by atoms with Gasteiger partial charge in [-0.3, -0.25) is 9.59 Å². The second-order valence-electron chi connectivity index (χ2n) is 24.6. The summed E-state index contributed by atoms with van der Waals surface area (Å²) in [5.74, 6) is -1.18. The second kappa shape index (κ2) is 58.5. The molecule has 1 fully saturated rings. The highest BCUT2D eigenvalue weighted by atomic mass is 16.7. The van der Waals surface area contributed by atoms with Crippen molar-refractivity contribution in [3.63, 3.8) is 0 Å². The van der Waals surface area contributed by atoms with Crippen molar-refractivity contribution < 1.29 is 49.3 Å². The van der Waals surface area contributed by atoms with Gasteiger partial charge in [-0.15, -0.1) is 0 Å². The Labute approximate surface area is 499 Å². The summed E-state index contributed by atoms with van der Waals surface area (Å²) >= 11 is 0. The zero-order chi connectivity index (χ0) is 58.9. The molecule has 0 bridgehead atoms. The average molecular weight is 1150 g/mol. The third kappa shape index (κ3) is 46.1. The largest absolute Gasteiger partial charge is 0.454 e. The van der Waals surface area contributed by atoms with E-state index in [0.29, 0.717) is 19.3 Å². The number of nitrogens with one attached hydrogen (secondary N) is 1. The monoisotopic (exact) mass is 1150 g/mol. The van der Waals surface area contributed by atoms with Gasteiger partial charge in [0.15, 0.2) is 12.4 Å². The lowest BCUT2D eigenvalue weighted by Crippen LogP contribution is -2.61. The highest BCUT2D eigenvalue weighted by molar-refractivity contribution is 5.80. The Morgan fingerprint density at radius 2 is 0.815 bits per heavy atom. The van der Waals surface area contributed by atoms with Gasteiger partial charge in [-0.1, -0.05) is 315 Å². The van der Waals surface area contributed by atoms with Crippen LogP contribution in [0.4, 0.5) is 0 Å². The van der Waals surface area contributed by atoms with E-state index in [9.17, 15) is 35.1 Å². The fraction of sp³-hybridized carbons (Fsp3) is 0.914. The fourth-order valence-corrected chi connectivity index (χ4v) is 11.3. The lowest BCUT2D eigenvalue weighted by atomic mass is 9.99. The number of hydrogen-bond donors (Lipinski definition) is 6. The van der Waals surface area contributed by atoms with Gasteiger partial charge >= 0.3 is 5.97 Å². The van der Waals surface area contributed by atoms with E-state index in [0.717, 1.165) is 57.8 Å². The van der Waals surface area contributed by atoms with Crippen molar-refractivity contribution >= 4 is 11.9 Å². The topological polar surface area (TPSA) is 175 Å². The molecule has 1 aliphatic heterocycles. The summed E-state index contributed by atoms with van der Waals surface area (Å²) in [6.45, 7) is 5.83. The smallest absolute Gasteiger partial charge is 0.306 e. The summed E-state index contributed by atoms with van der Waals surface area (Å²) in [6, 6.07) is -1.02. The predicted molar refractivity (Wildman–Crippen MR) is 338 cm³/mol. The minimum Gasteiger partial charge on any atom is -0.454 e. The predicted octanol–water partition coefficient (Wildman–Crippen LogP) is 17.6. The Hall–Kier alpha value is -1.86. The molecule has 1 amide bonds. The number of aliphatic hydroxyl groups excluding tert-OH is 5. The van der Waals surface area contributed by atoms with Gasteiger partial charge < -0.3 is 45.1 Å². The Morgan fingerprint density at radius 3 is 1.20 bits per heavy atom. The van der Waals surface area contributed by atoms with Gasteiger partial charge in [0.1, 0.15) is 24.4 Å².